The number of likely N-dealkylation sites (N-methyl/N-ethyl adjacent to an activating group) is 1. The SMILES string of the molecule is CCCCCCCC/C=C/CC/C=C/CC/C=C/C(O)C(COP(=O)([O-])OCC[N+](C)(C)C)NC(=O)CCCCCCCCC/C=C\C/C=C\CCCCCCCCCCC. The number of nitrogens with one attached hydrogen (secondary N) is 1. The molecule has 0 radical (unpaired) electrons. The van der Waals surface area contributed by atoms with E-state index in [0.717, 1.165) is 64.2 Å². The fourth-order valence-corrected chi connectivity index (χ4v) is 7.64. The molecule has 0 aromatic rings. The van der Waals surface area contributed by atoms with Gasteiger partial charge in [0.1, 0.15) is 13.2 Å². The first-order chi connectivity index (χ1) is 29.5. The van der Waals surface area contributed by atoms with Crippen molar-refractivity contribution in [2.45, 2.75) is 225 Å². The standard InChI is InChI=1S/C52H97N2O6P/c1-6-8-10-12-14-16-18-20-22-24-25-26-27-28-29-30-32-34-36-38-40-42-44-46-52(56)53-50(49-60-61(57,58)59-48-47-54(3,4)5)51(55)45-43-41-39-37-35-33-31-23-21-19-17-15-13-11-9-7-2/h21,23,25-26,28-29,35,37,43,45,50-51,55H,6-20,22,24,27,30-34,36,38-42,44,46-49H2,1-5H3,(H-,53,56,57,58)/b23-21+,26-25-,29-28-,37-35+,45-43+. The van der Waals surface area contributed by atoms with E-state index in [4.69, 9.17) is 9.05 Å². The van der Waals surface area contributed by atoms with E-state index in [9.17, 15) is 19.4 Å². The van der Waals surface area contributed by atoms with Gasteiger partial charge in [0.15, 0.2) is 0 Å². The quantitative estimate of drug-likeness (QED) is 0.0273. The molecule has 3 atom stereocenters. The third kappa shape index (κ3) is 46.0. The third-order valence-electron chi connectivity index (χ3n) is 10.9. The smallest absolute Gasteiger partial charge is 0.268 e. The fraction of sp³-hybridized carbons (Fsp3) is 0.788. The van der Waals surface area contributed by atoms with Crippen LogP contribution < -0.4 is 10.2 Å². The number of aliphatic hydroxyl groups excluding tert-OH is 1. The Hall–Kier alpha value is -1.80. The number of quaternary nitrogens is 1. The van der Waals surface area contributed by atoms with Gasteiger partial charge in [0, 0.05) is 6.42 Å². The Labute approximate surface area is 377 Å². The summed E-state index contributed by atoms with van der Waals surface area (Å²) in [5.41, 5.74) is 0. The normalized spacial score (nSPS) is 14.7. The van der Waals surface area contributed by atoms with Crippen LogP contribution in [0.2, 0.25) is 0 Å². The molecule has 3 unspecified atom stereocenters. The topological polar surface area (TPSA) is 108 Å². The summed E-state index contributed by atoms with van der Waals surface area (Å²) in [7, 11) is 1.22. The molecule has 0 bridgehead atoms. The minimum absolute atomic E-state index is 0.0127. The van der Waals surface area contributed by atoms with Gasteiger partial charge in [-0.1, -0.05) is 190 Å². The first-order valence-corrected chi connectivity index (χ1v) is 26.6. The number of rotatable bonds is 45. The zero-order valence-corrected chi connectivity index (χ0v) is 41.2. The predicted molar refractivity (Wildman–Crippen MR) is 261 cm³/mol. The molecule has 0 spiro atoms. The van der Waals surface area contributed by atoms with Gasteiger partial charge in [-0.25, -0.2) is 0 Å². The number of nitrogens with zero attached hydrogens (tertiary/aromatic N) is 1. The lowest BCUT2D eigenvalue weighted by atomic mass is 10.1. The molecule has 0 aromatic heterocycles. The molecule has 0 aromatic carbocycles. The van der Waals surface area contributed by atoms with Crippen molar-refractivity contribution in [3.63, 3.8) is 0 Å². The van der Waals surface area contributed by atoms with E-state index in [-0.39, 0.29) is 12.5 Å². The van der Waals surface area contributed by atoms with E-state index in [1.807, 2.05) is 27.2 Å². The van der Waals surface area contributed by atoms with E-state index in [1.54, 1.807) is 6.08 Å². The van der Waals surface area contributed by atoms with Gasteiger partial charge in [-0.05, 0) is 77.0 Å². The maximum Gasteiger partial charge on any atom is 0.268 e. The molecule has 9 heteroatoms. The molecule has 61 heavy (non-hydrogen) atoms. The lowest BCUT2D eigenvalue weighted by Gasteiger charge is -2.29. The molecule has 356 valence electrons. The van der Waals surface area contributed by atoms with E-state index in [1.165, 1.54) is 128 Å². The predicted octanol–water partition coefficient (Wildman–Crippen LogP) is 14.0. The van der Waals surface area contributed by atoms with Gasteiger partial charge in [0.05, 0.1) is 39.9 Å². The summed E-state index contributed by atoms with van der Waals surface area (Å²) in [6.07, 6.45) is 57.1. The van der Waals surface area contributed by atoms with Crippen LogP contribution in [0, 0.1) is 0 Å². The highest BCUT2D eigenvalue weighted by Gasteiger charge is 2.23. The lowest BCUT2D eigenvalue weighted by molar-refractivity contribution is -0.870. The monoisotopic (exact) mass is 877 g/mol. The van der Waals surface area contributed by atoms with Crippen LogP contribution in [0.15, 0.2) is 60.8 Å². The van der Waals surface area contributed by atoms with Gasteiger partial charge in [0.2, 0.25) is 5.91 Å². The Bertz CT molecular complexity index is 1180. The van der Waals surface area contributed by atoms with Gasteiger partial charge in [0.25, 0.3) is 7.82 Å². The average Bonchev–Trinajstić information content (AvgIpc) is 3.21. The van der Waals surface area contributed by atoms with Gasteiger partial charge in [-0.3, -0.25) is 9.36 Å². The number of aliphatic hydroxyl groups is 1. The Balaban J connectivity index is 4.38. The van der Waals surface area contributed by atoms with E-state index < -0.39 is 26.6 Å². The van der Waals surface area contributed by atoms with Crippen molar-refractivity contribution in [2.24, 2.45) is 0 Å². The van der Waals surface area contributed by atoms with Crippen LogP contribution in [0.4, 0.5) is 0 Å². The molecular weight excluding hydrogens is 780 g/mol. The molecule has 2 N–H and O–H groups in total. The summed E-state index contributed by atoms with van der Waals surface area (Å²) in [4.78, 5) is 25.4. The Morgan fingerprint density at radius 3 is 1.43 bits per heavy atom. The molecule has 0 saturated heterocycles. The fourth-order valence-electron chi connectivity index (χ4n) is 6.92. The number of carbonyl (C=O) groups excluding carboxylic acids is 1. The molecule has 0 aliphatic carbocycles. The highest BCUT2D eigenvalue weighted by molar-refractivity contribution is 7.45. The second-order valence-corrected chi connectivity index (χ2v) is 19.6. The number of hydrogen-bond acceptors (Lipinski definition) is 6. The number of carbonyl (C=O) groups is 1. The van der Waals surface area contributed by atoms with Crippen molar-refractivity contribution in [2.75, 3.05) is 40.9 Å². The van der Waals surface area contributed by atoms with Gasteiger partial charge in [-0.2, -0.15) is 0 Å². The second-order valence-electron chi connectivity index (χ2n) is 18.1. The number of phosphoric ester groups is 1. The average molecular weight is 877 g/mol. The molecule has 0 fully saturated rings. The maximum absolute atomic E-state index is 12.9. The molecule has 0 rings (SSSR count). The molecule has 0 heterocycles. The number of hydrogen-bond donors (Lipinski definition) is 2. The molecule has 1 amide bonds. The van der Waals surface area contributed by atoms with Crippen molar-refractivity contribution < 1.29 is 32.9 Å². The van der Waals surface area contributed by atoms with Crippen molar-refractivity contribution in [3.05, 3.63) is 60.8 Å². The molecule has 0 aliphatic rings. The van der Waals surface area contributed by atoms with Crippen molar-refractivity contribution in [1.29, 1.82) is 0 Å². The Morgan fingerprint density at radius 2 is 0.967 bits per heavy atom. The minimum Gasteiger partial charge on any atom is -0.756 e. The highest BCUT2D eigenvalue weighted by Crippen LogP contribution is 2.38. The van der Waals surface area contributed by atoms with Crippen LogP contribution >= 0.6 is 7.82 Å². The number of phosphoric acid groups is 1. The number of unbranched alkanes of at least 4 members (excludes halogenated alkanes) is 24. The van der Waals surface area contributed by atoms with E-state index in [2.05, 4.69) is 67.8 Å². The first-order valence-electron chi connectivity index (χ1n) is 25.2. The summed E-state index contributed by atoms with van der Waals surface area (Å²) < 4.78 is 23.2. The third-order valence-corrected chi connectivity index (χ3v) is 11.9. The van der Waals surface area contributed by atoms with Crippen LogP contribution in [0.1, 0.15) is 213 Å². The number of allylic oxidation sites excluding steroid dienone is 9. The largest absolute Gasteiger partial charge is 0.756 e. The second kappa shape index (κ2) is 43.5. The van der Waals surface area contributed by atoms with Crippen molar-refractivity contribution in [1.82, 2.24) is 5.32 Å². The minimum atomic E-state index is -4.61. The molecule has 8 nitrogen and oxygen atoms in total. The summed E-state index contributed by atoms with van der Waals surface area (Å²) in [6, 6.07) is -0.915. The molecule has 0 saturated carbocycles. The Kier molecular flexibility index (Phi) is 42.2. The number of amides is 1. The van der Waals surface area contributed by atoms with Crippen LogP contribution in [-0.2, 0) is 18.4 Å². The van der Waals surface area contributed by atoms with E-state index >= 15 is 0 Å². The summed E-state index contributed by atoms with van der Waals surface area (Å²) in [5, 5.41) is 13.8. The van der Waals surface area contributed by atoms with Gasteiger partial charge < -0.3 is 28.8 Å². The molecule has 0 aliphatic heterocycles. The summed E-state index contributed by atoms with van der Waals surface area (Å²) >= 11 is 0. The van der Waals surface area contributed by atoms with Crippen LogP contribution in [0.5, 0.6) is 0 Å². The lowest BCUT2D eigenvalue weighted by Crippen LogP contribution is -2.45. The first kappa shape index (κ1) is 59.2. The maximum atomic E-state index is 12.9. The zero-order chi connectivity index (χ0) is 45.0. The van der Waals surface area contributed by atoms with Gasteiger partial charge >= 0.3 is 0 Å². The summed E-state index contributed by atoms with van der Waals surface area (Å²) in [6.45, 7) is 4.60. The highest BCUT2D eigenvalue weighted by atomic mass is 31.2. The van der Waals surface area contributed by atoms with Crippen LogP contribution in [0.25, 0.3) is 0 Å². The Morgan fingerprint density at radius 1 is 0.574 bits per heavy atom. The van der Waals surface area contributed by atoms with Crippen molar-refractivity contribution >= 4 is 13.7 Å². The van der Waals surface area contributed by atoms with Crippen LogP contribution in [-0.4, -0.2) is 68.5 Å². The summed E-state index contributed by atoms with van der Waals surface area (Å²) in [5.74, 6) is -0.221. The molecular formula is C52H97N2O6P. The van der Waals surface area contributed by atoms with Crippen LogP contribution in [0.3, 0.4) is 0 Å². The van der Waals surface area contributed by atoms with Gasteiger partial charge in [-0.15, -0.1) is 0 Å². The van der Waals surface area contributed by atoms with E-state index in [0.29, 0.717) is 17.4 Å². The van der Waals surface area contributed by atoms with Crippen molar-refractivity contribution in [3.8, 4) is 0 Å². The zero-order valence-electron chi connectivity index (χ0n) is 40.4.